The number of rotatable bonds is 8. The number of nitrogens with one attached hydrogen (secondary N) is 1. The minimum absolute atomic E-state index is 0.130. The second-order valence-corrected chi connectivity index (χ2v) is 6.67. The first-order valence-corrected chi connectivity index (χ1v) is 9.18. The summed E-state index contributed by atoms with van der Waals surface area (Å²) in [5.41, 5.74) is 6.65. The second-order valence-electron chi connectivity index (χ2n) is 6.67. The molecule has 0 unspecified atom stereocenters. The molecule has 1 aliphatic heterocycles. The van der Waals surface area contributed by atoms with Crippen LogP contribution in [0.5, 0.6) is 5.75 Å². The highest BCUT2D eigenvalue weighted by Crippen LogP contribution is 2.12. The number of hydrogen-bond acceptors (Lipinski definition) is 5. The lowest BCUT2D eigenvalue weighted by Gasteiger charge is -2.34. The molecule has 2 rings (SSSR count). The molecule has 1 aliphatic rings. The van der Waals surface area contributed by atoms with Crippen molar-refractivity contribution in [2.24, 2.45) is 5.73 Å². The summed E-state index contributed by atoms with van der Waals surface area (Å²) in [5, 5.41) is 2.80. The van der Waals surface area contributed by atoms with Gasteiger partial charge in [-0.15, -0.1) is 0 Å². The average molecular weight is 362 g/mol. The van der Waals surface area contributed by atoms with Crippen LogP contribution in [0.1, 0.15) is 19.4 Å². The van der Waals surface area contributed by atoms with Crippen molar-refractivity contribution in [3.8, 4) is 5.75 Å². The van der Waals surface area contributed by atoms with Gasteiger partial charge in [-0.2, -0.15) is 0 Å². The Morgan fingerprint density at radius 1 is 1.19 bits per heavy atom. The highest BCUT2D eigenvalue weighted by Gasteiger charge is 2.18. The molecule has 1 atom stereocenters. The Balaban J connectivity index is 1.63. The first kappa shape index (κ1) is 20.2. The highest BCUT2D eigenvalue weighted by molar-refractivity contribution is 5.80. The maximum Gasteiger partial charge on any atom is 0.236 e. The van der Waals surface area contributed by atoms with Crippen LogP contribution in [0.2, 0.25) is 0 Å². The fourth-order valence-electron chi connectivity index (χ4n) is 2.82. The minimum atomic E-state index is -0.476. The number of carbonyl (C=O) groups excluding carboxylic acids is 2. The van der Waals surface area contributed by atoms with Gasteiger partial charge in [0, 0.05) is 46.2 Å². The van der Waals surface area contributed by atoms with E-state index in [4.69, 9.17) is 10.5 Å². The average Bonchev–Trinajstić information content (AvgIpc) is 2.63. The molecule has 144 valence electrons. The summed E-state index contributed by atoms with van der Waals surface area (Å²) in [4.78, 5) is 26.9. The van der Waals surface area contributed by atoms with Crippen molar-refractivity contribution in [1.82, 2.24) is 15.1 Å². The Morgan fingerprint density at radius 3 is 2.42 bits per heavy atom. The van der Waals surface area contributed by atoms with Gasteiger partial charge in [0.1, 0.15) is 12.4 Å². The van der Waals surface area contributed by atoms with E-state index in [9.17, 15) is 9.59 Å². The minimum Gasteiger partial charge on any atom is -0.492 e. The van der Waals surface area contributed by atoms with E-state index >= 15 is 0 Å². The SMILES string of the molecule is CC(=O)N1CCN(CCOc2ccc(CCNC(=O)[C@@H](C)N)cc2)CC1. The fraction of sp³-hybridized carbons (Fsp3) is 0.579. The molecule has 1 aromatic rings. The number of benzene rings is 1. The Labute approximate surface area is 155 Å². The van der Waals surface area contributed by atoms with Gasteiger partial charge in [-0.25, -0.2) is 0 Å². The van der Waals surface area contributed by atoms with E-state index in [0.717, 1.165) is 50.5 Å². The quantitative estimate of drug-likeness (QED) is 0.691. The van der Waals surface area contributed by atoms with Gasteiger partial charge in [0.2, 0.25) is 11.8 Å². The van der Waals surface area contributed by atoms with Crippen LogP contribution in [0, 0.1) is 0 Å². The maximum absolute atomic E-state index is 11.4. The van der Waals surface area contributed by atoms with Gasteiger partial charge in [0.25, 0.3) is 0 Å². The zero-order valence-electron chi connectivity index (χ0n) is 15.7. The van der Waals surface area contributed by atoms with Gasteiger partial charge in [-0.05, 0) is 31.0 Å². The molecule has 1 saturated heterocycles. The smallest absolute Gasteiger partial charge is 0.236 e. The van der Waals surface area contributed by atoms with Crippen molar-refractivity contribution in [1.29, 1.82) is 0 Å². The van der Waals surface area contributed by atoms with Gasteiger partial charge >= 0.3 is 0 Å². The summed E-state index contributed by atoms with van der Waals surface area (Å²) < 4.78 is 5.80. The van der Waals surface area contributed by atoms with Crippen LogP contribution in [0.15, 0.2) is 24.3 Å². The summed E-state index contributed by atoms with van der Waals surface area (Å²) in [5.74, 6) is 0.864. The first-order chi connectivity index (χ1) is 12.5. The number of carbonyl (C=O) groups is 2. The lowest BCUT2D eigenvalue weighted by atomic mass is 10.1. The number of nitrogens with zero attached hydrogens (tertiary/aromatic N) is 2. The van der Waals surface area contributed by atoms with E-state index in [1.807, 2.05) is 29.2 Å². The number of nitrogens with two attached hydrogens (primary N) is 1. The third kappa shape index (κ3) is 6.65. The first-order valence-electron chi connectivity index (χ1n) is 9.18. The van der Waals surface area contributed by atoms with Crippen LogP contribution >= 0.6 is 0 Å². The molecule has 2 amide bonds. The molecule has 0 bridgehead atoms. The van der Waals surface area contributed by atoms with Crippen LogP contribution in [0.3, 0.4) is 0 Å². The summed E-state index contributed by atoms with van der Waals surface area (Å²) in [6.07, 6.45) is 0.763. The Bertz CT molecular complexity index is 581. The number of amides is 2. The topological polar surface area (TPSA) is 87.9 Å². The summed E-state index contributed by atoms with van der Waals surface area (Å²) in [6.45, 7) is 8.74. The maximum atomic E-state index is 11.4. The molecule has 7 nitrogen and oxygen atoms in total. The molecule has 0 aromatic heterocycles. The van der Waals surface area contributed by atoms with E-state index in [-0.39, 0.29) is 11.8 Å². The van der Waals surface area contributed by atoms with E-state index < -0.39 is 6.04 Å². The van der Waals surface area contributed by atoms with Gasteiger partial charge < -0.3 is 20.7 Å². The predicted molar refractivity (Wildman–Crippen MR) is 101 cm³/mol. The third-order valence-electron chi connectivity index (χ3n) is 4.54. The van der Waals surface area contributed by atoms with Gasteiger partial charge in [-0.3, -0.25) is 14.5 Å². The summed E-state index contributed by atoms with van der Waals surface area (Å²) >= 11 is 0. The van der Waals surface area contributed by atoms with Crippen molar-refractivity contribution in [3.63, 3.8) is 0 Å². The zero-order valence-corrected chi connectivity index (χ0v) is 15.7. The van der Waals surface area contributed by atoms with Crippen LogP contribution in [0.4, 0.5) is 0 Å². The summed E-state index contributed by atoms with van der Waals surface area (Å²) in [6, 6.07) is 7.46. The van der Waals surface area contributed by atoms with Crippen LogP contribution < -0.4 is 15.8 Å². The van der Waals surface area contributed by atoms with Gasteiger partial charge in [-0.1, -0.05) is 12.1 Å². The van der Waals surface area contributed by atoms with E-state index in [2.05, 4.69) is 10.2 Å². The van der Waals surface area contributed by atoms with Crippen molar-refractivity contribution in [2.45, 2.75) is 26.3 Å². The van der Waals surface area contributed by atoms with Crippen molar-refractivity contribution >= 4 is 11.8 Å². The van der Waals surface area contributed by atoms with E-state index in [1.165, 1.54) is 0 Å². The van der Waals surface area contributed by atoms with Crippen molar-refractivity contribution in [2.75, 3.05) is 45.9 Å². The molecule has 7 heteroatoms. The normalized spacial score (nSPS) is 16.2. The molecule has 1 fully saturated rings. The van der Waals surface area contributed by atoms with Crippen LogP contribution in [0.25, 0.3) is 0 Å². The lowest BCUT2D eigenvalue weighted by molar-refractivity contribution is -0.130. The second kappa shape index (κ2) is 10.1. The number of piperazine rings is 1. The Hall–Kier alpha value is -2.12. The van der Waals surface area contributed by atoms with Crippen molar-refractivity contribution < 1.29 is 14.3 Å². The molecule has 0 aliphatic carbocycles. The molecule has 1 aromatic carbocycles. The molecule has 3 N–H and O–H groups in total. The summed E-state index contributed by atoms with van der Waals surface area (Å²) in [7, 11) is 0. The number of hydrogen-bond donors (Lipinski definition) is 2. The third-order valence-corrected chi connectivity index (χ3v) is 4.54. The lowest BCUT2D eigenvalue weighted by Crippen LogP contribution is -2.48. The van der Waals surface area contributed by atoms with Crippen LogP contribution in [-0.2, 0) is 16.0 Å². The monoisotopic (exact) mass is 362 g/mol. The standard InChI is InChI=1S/C19H30N4O3/c1-15(20)19(25)21-8-7-17-3-5-18(6-4-17)26-14-13-22-9-11-23(12-10-22)16(2)24/h3-6,15H,7-14,20H2,1-2H3,(H,21,25)/t15-/m1/s1. The largest absolute Gasteiger partial charge is 0.492 e. The van der Waals surface area contributed by atoms with Crippen LogP contribution in [-0.4, -0.2) is 73.5 Å². The van der Waals surface area contributed by atoms with Gasteiger partial charge in [0.05, 0.1) is 6.04 Å². The highest BCUT2D eigenvalue weighted by atomic mass is 16.5. The Morgan fingerprint density at radius 2 is 1.85 bits per heavy atom. The zero-order chi connectivity index (χ0) is 18.9. The molecular formula is C19H30N4O3. The molecule has 0 radical (unpaired) electrons. The molecule has 26 heavy (non-hydrogen) atoms. The fourth-order valence-corrected chi connectivity index (χ4v) is 2.82. The predicted octanol–water partition coefficient (Wildman–Crippen LogP) is 0.235. The number of ether oxygens (including phenoxy) is 1. The molecule has 1 heterocycles. The van der Waals surface area contributed by atoms with Crippen molar-refractivity contribution in [3.05, 3.63) is 29.8 Å². The molecular weight excluding hydrogens is 332 g/mol. The van der Waals surface area contributed by atoms with E-state index in [1.54, 1.807) is 13.8 Å². The van der Waals surface area contributed by atoms with Gasteiger partial charge in [0.15, 0.2) is 0 Å². The molecule has 0 saturated carbocycles. The van der Waals surface area contributed by atoms with E-state index in [0.29, 0.717) is 13.2 Å². The Kier molecular flexibility index (Phi) is 7.87. The molecule has 0 spiro atoms.